The Kier molecular flexibility index (Phi) is 6.29. The average molecular weight is 387 g/mol. The molecule has 144 valence electrons. The van der Waals surface area contributed by atoms with Crippen LogP contribution in [0.1, 0.15) is 24.5 Å². The van der Waals surface area contributed by atoms with E-state index in [0.29, 0.717) is 17.9 Å². The van der Waals surface area contributed by atoms with Crippen molar-refractivity contribution >= 4 is 15.7 Å². The molecule has 0 saturated carbocycles. The first kappa shape index (κ1) is 19.6. The van der Waals surface area contributed by atoms with Crippen molar-refractivity contribution in [2.24, 2.45) is 0 Å². The molecular weight excluding hydrogens is 360 g/mol. The normalized spacial score (nSPS) is 15.7. The molecule has 1 unspecified atom stereocenters. The minimum absolute atomic E-state index is 0.0305. The predicted octanol–water partition coefficient (Wildman–Crippen LogP) is 2.41. The molecule has 1 atom stereocenters. The molecule has 0 fully saturated rings. The lowest BCUT2D eigenvalue weighted by molar-refractivity contribution is -0.126. The first-order chi connectivity index (χ1) is 13.0. The Bertz CT molecular complexity index is 881. The van der Waals surface area contributed by atoms with Crippen LogP contribution in [0.15, 0.2) is 59.5 Å². The highest BCUT2D eigenvalue weighted by atomic mass is 32.2. The summed E-state index contributed by atoms with van der Waals surface area (Å²) < 4.78 is 24.5. The van der Waals surface area contributed by atoms with Gasteiger partial charge >= 0.3 is 0 Å². The quantitative estimate of drug-likeness (QED) is 0.742. The van der Waals surface area contributed by atoms with E-state index in [-0.39, 0.29) is 17.7 Å². The summed E-state index contributed by atoms with van der Waals surface area (Å²) in [7, 11) is -3.29. The maximum Gasteiger partial charge on any atom is 0.237 e. The van der Waals surface area contributed by atoms with E-state index in [1.807, 2.05) is 19.1 Å². The summed E-state index contributed by atoms with van der Waals surface area (Å²) in [5.41, 5.74) is 2.63. The topological polar surface area (TPSA) is 66.5 Å². The molecule has 0 saturated heterocycles. The van der Waals surface area contributed by atoms with Crippen molar-refractivity contribution in [1.82, 2.24) is 10.2 Å². The fourth-order valence-electron chi connectivity index (χ4n) is 3.38. The van der Waals surface area contributed by atoms with Gasteiger partial charge in [0, 0.05) is 19.6 Å². The van der Waals surface area contributed by atoms with Gasteiger partial charge in [0.25, 0.3) is 0 Å². The second kappa shape index (κ2) is 8.67. The second-order valence-electron chi connectivity index (χ2n) is 6.94. The number of benzene rings is 2. The van der Waals surface area contributed by atoms with Crippen LogP contribution in [-0.4, -0.2) is 44.1 Å². The third-order valence-corrected chi connectivity index (χ3v) is 6.90. The number of carbonyl (C=O) groups is 1. The lowest BCUT2D eigenvalue weighted by atomic mass is 9.99. The smallest absolute Gasteiger partial charge is 0.237 e. The molecule has 0 aromatic heterocycles. The lowest BCUT2D eigenvalue weighted by Crippen LogP contribution is -2.47. The number of nitrogens with zero attached hydrogens (tertiary/aromatic N) is 1. The van der Waals surface area contributed by atoms with Crippen LogP contribution in [0.5, 0.6) is 0 Å². The lowest BCUT2D eigenvalue weighted by Gasteiger charge is -2.32. The number of amides is 1. The number of sulfone groups is 1. The van der Waals surface area contributed by atoms with Gasteiger partial charge in [-0.1, -0.05) is 42.5 Å². The highest BCUT2D eigenvalue weighted by Crippen LogP contribution is 2.20. The van der Waals surface area contributed by atoms with Crippen LogP contribution in [0.2, 0.25) is 0 Å². The predicted molar refractivity (Wildman–Crippen MR) is 106 cm³/mol. The fraction of sp³-hybridized carbons (Fsp3) is 0.381. The Morgan fingerprint density at radius 3 is 2.48 bits per heavy atom. The van der Waals surface area contributed by atoms with Gasteiger partial charge in [0.15, 0.2) is 9.84 Å². The van der Waals surface area contributed by atoms with Gasteiger partial charge in [-0.15, -0.1) is 0 Å². The van der Waals surface area contributed by atoms with Gasteiger partial charge in [0.2, 0.25) is 5.91 Å². The van der Waals surface area contributed by atoms with E-state index in [0.717, 1.165) is 19.5 Å². The number of rotatable bonds is 7. The first-order valence-corrected chi connectivity index (χ1v) is 11.0. The van der Waals surface area contributed by atoms with Crippen LogP contribution in [0.4, 0.5) is 0 Å². The van der Waals surface area contributed by atoms with Gasteiger partial charge in [-0.25, -0.2) is 8.42 Å². The molecule has 1 heterocycles. The molecule has 1 N–H and O–H groups in total. The van der Waals surface area contributed by atoms with Crippen LogP contribution < -0.4 is 5.32 Å². The molecule has 1 aliphatic heterocycles. The number of fused-ring (bicyclic) bond motifs is 1. The summed E-state index contributed by atoms with van der Waals surface area (Å²) >= 11 is 0. The zero-order valence-electron chi connectivity index (χ0n) is 15.6. The van der Waals surface area contributed by atoms with Gasteiger partial charge in [-0.2, -0.15) is 0 Å². The third kappa shape index (κ3) is 4.96. The largest absolute Gasteiger partial charge is 0.355 e. The Labute approximate surface area is 161 Å². The van der Waals surface area contributed by atoms with E-state index in [9.17, 15) is 13.2 Å². The van der Waals surface area contributed by atoms with Gasteiger partial charge < -0.3 is 5.32 Å². The van der Waals surface area contributed by atoms with E-state index in [1.165, 1.54) is 11.1 Å². The van der Waals surface area contributed by atoms with E-state index < -0.39 is 9.84 Å². The zero-order chi connectivity index (χ0) is 19.3. The van der Waals surface area contributed by atoms with Crippen molar-refractivity contribution in [1.29, 1.82) is 0 Å². The van der Waals surface area contributed by atoms with Crippen LogP contribution in [0, 0.1) is 0 Å². The van der Waals surface area contributed by atoms with E-state index in [4.69, 9.17) is 0 Å². The molecule has 0 aliphatic carbocycles. The average Bonchev–Trinajstić information content (AvgIpc) is 2.70. The highest BCUT2D eigenvalue weighted by molar-refractivity contribution is 7.91. The second-order valence-corrected chi connectivity index (χ2v) is 9.05. The van der Waals surface area contributed by atoms with Gasteiger partial charge in [-0.3, -0.25) is 9.69 Å². The molecule has 0 spiro atoms. The summed E-state index contributed by atoms with van der Waals surface area (Å²) in [4.78, 5) is 14.9. The van der Waals surface area contributed by atoms with Crippen molar-refractivity contribution in [3.05, 3.63) is 65.7 Å². The van der Waals surface area contributed by atoms with Crippen LogP contribution in [-0.2, 0) is 27.6 Å². The molecule has 2 aromatic rings. The maximum absolute atomic E-state index is 12.4. The number of hydrogen-bond donors (Lipinski definition) is 1. The SMILES string of the molecule is CC(C(=O)NCCCS(=O)(=O)c1ccccc1)N1CCc2ccccc2C1. The fourth-order valence-corrected chi connectivity index (χ4v) is 4.71. The molecular formula is C21H26N2O3S. The minimum atomic E-state index is -3.29. The summed E-state index contributed by atoms with van der Waals surface area (Å²) in [5.74, 6) is -0.0190. The minimum Gasteiger partial charge on any atom is -0.355 e. The zero-order valence-corrected chi connectivity index (χ0v) is 16.4. The van der Waals surface area contributed by atoms with E-state index in [1.54, 1.807) is 30.3 Å². The molecule has 6 heteroatoms. The summed E-state index contributed by atoms with van der Waals surface area (Å²) in [6.45, 7) is 3.89. The molecule has 1 aliphatic rings. The molecule has 5 nitrogen and oxygen atoms in total. The molecule has 1 amide bonds. The van der Waals surface area contributed by atoms with Crippen molar-refractivity contribution in [2.75, 3.05) is 18.8 Å². The van der Waals surface area contributed by atoms with Crippen LogP contribution in [0.25, 0.3) is 0 Å². The van der Waals surface area contributed by atoms with E-state index in [2.05, 4.69) is 22.3 Å². The molecule has 0 bridgehead atoms. The maximum atomic E-state index is 12.4. The van der Waals surface area contributed by atoms with Crippen LogP contribution in [0.3, 0.4) is 0 Å². The van der Waals surface area contributed by atoms with Crippen LogP contribution >= 0.6 is 0 Å². The van der Waals surface area contributed by atoms with Crippen molar-refractivity contribution in [2.45, 2.75) is 37.2 Å². The Hall–Kier alpha value is -2.18. The Balaban J connectivity index is 1.46. The number of carbonyl (C=O) groups excluding carboxylic acids is 1. The van der Waals surface area contributed by atoms with E-state index >= 15 is 0 Å². The van der Waals surface area contributed by atoms with Gasteiger partial charge in [0.1, 0.15) is 0 Å². The molecule has 0 radical (unpaired) electrons. The van der Waals surface area contributed by atoms with Gasteiger partial charge in [-0.05, 0) is 43.0 Å². The highest BCUT2D eigenvalue weighted by Gasteiger charge is 2.25. The molecule has 27 heavy (non-hydrogen) atoms. The third-order valence-electron chi connectivity index (χ3n) is 5.08. The van der Waals surface area contributed by atoms with Gasteiger partial charge in [0.05, 0.1) is 16.7 Å². The van der Waals surface area contributed by atoms with Crippen molar-refractivity contribution in [3.63, 3.8) is 0 Å². The summed E-state index contributed by atoms with van der Waals surface area (Å²) in [5, 5.41) is 2.88. The summed E-state index contributed by atoms with van der Waals surface area (Å²) in [6.07, 6.45) is 1.35. The molecule has 2 aromatic carbocycles. The number of hydrogen-bond acceptors (Lipinski definition) is 4. The summed E-state index contributed by atoms with van der Waals surface area (Å²) in [6, 6.07) is 16.5. The Morgan fingerprint density at radius 1 is 1.07 bits per heavy atom. The monoisotopic (exact) mass is 386 g/mol. The van der Waals surface area contributed by atoms with Crippen molar-refractivity contribution < 1.29 is 13.2 Å². The van der Waals surface area contributed by atoms with Crippen molar-refractivity contribution in [3.8, 4) is 0 Å². The Morgan fingerprint density at radius 2 is 1.74 bits per heavy atom. The standard InChI is InChI=1S/C21H26N2O3S/c1-17(23-14-12-18-8-5-6-9-19(18)16-23)21(24)22-13-7-15-27(25,26)20-10-3-2-4-11-20/h2-6,8-11,17H,7,12-16H2,1H3,(H,22,24). The number of nitrogens with one attached hydrogen (secondary N) is 1. The first-order valence-electron chi connectivity index (χ1n) is 9.34. The molecule has 3 rings (SSSR count).